The minimum absolute atomic E-state index is 0.440. The lowest BCUT2D eigenvalue weighted by Gasteiger charge is -2.14. The minimum Gasteiger partial charge on any atom is -0.339 e. The van der Waals surface area contributed by atoms with E-state index in [0.717, 1.165) is 25.3 Å². The van der Waals surface area contributed by atoms with Gasteiger partial charge in [0.05, 0.1) is 10.7 Å². The van der Waals surface area contributed by atoms with Crippen LogP contribution in [0.5, 0.6) is 0 Å². The van der Waals surface area contributed by atoms with Gasteiger partial charge in [-0.15, -0.1) is 0 Å². The van der Waals surface area contributed by atoms with Crippen LogP contribution in [0.1, 0.15) is 39.3 Å². The Hall–Kier alpha value is -1.40. The summed E-state index contributed by atoms with van der Waals surface area (Å²) in [6.07, 6.45) is 0. The van der Waals surface area contributed by atoms with Gasteiger partial charge in [0.15, 0.2) is 5.69 Å². The molecule has 0 atom stereocenters. The van der Waals surface area contributed by atoms with Crippen LogP contribution in [0.3, 0.4) is 0 Å². The summed E-state index contributed by atoms with van der Waals surface area (Å²) >= 11 is 6.42. The van der Waals surface area contributed by atoms with Crippen LogP contribution in [0.25, 0.3) is 11.5 Å². The van der Waals surface area contributed by atoms with Crippen molar-refractivity contribution in [2.24, 2.45) is 0 Å². The highest BCUT2D eigenvalue weighted by molar-refractivity contribution is 6.33. The van der Waals surface area contributed by atoms with Gasteiger partial charge < -0.3 is 9.42 Å². The van der Waals surface area contributed by atoms with Gasteiger partial charge in [-0.2, -0.15) is 10.1 Å². The second kappa shape index (κ2) is 8.14. The first kappa shape index (κ1) is 17.7. The van der Waals surface area contributed by atoms with Gasteiger partial charge in [0, 0.05) is 20.0 Å². The van der Waals surface area contributed by atoms with E-state index in [4.69, 9.17) is 16.1 Å². The zero-order chi connectivity index (χ0) is 16.0. The van der Waals surface area contributed by atoms with Crippen molar-refractivity contribution >= 4 is 11.6 Å². The Kier molecular flexibility index (Phi) is 6.84. The third kappa shape index (κ3) is 4.04. The van der Waals surface area contributed by atoms with Crippen molar-refractivity contribution in [1.29, 1.82) is 0 Å². The Morgan fingerprint density at radius 3 is 2.43 bits per heavy atom. The third-order valence-corrected chi connectivity index (χ3v) is 3.39. The Balaban J connectivity index is 0.00000106. The van der Waals surface area contributed by atoms with Crippen LogP contribution in [0.4, 0.5) is 0 Å². The molecule has 0 aliphatic carbocycles. The van der Waals surface area contributed by atoms with E-state index in [1.54, 1.807) is 6.92 Å². The smallest absolute Gasteiger partial charge is 0.224 e. The molecule has 0 bridgehead atoms. The molecule has 2 heterocycles. The number of aromatic nitrogens is 4. The zero-order valence-electron chi connectivity index (χ0n) is 13.6. The highest BCUT2D eigenvalue weighted by atomic mass is 35.5. The normalized spacial score (nSPS) is 10.7. The standard InChI is InChI=1S/C12H18ClN5O.C2H6/c1-5-17(4)7-9-10(13)11(15-18(9)6-2)12-14-8(3)19-16-12;1-2/h5-7H2,1-4H3;1-2H3. The molecule has 0 spiro atoms. The van der Waals surface area contributed by atoms with Crippen molar-refractivity contribution in [3.63, 3.8) is 0 Å². The van der Waals surface area contributed by atoms with Crippen LogP contribution in [-0.2, 0) is 13.1 Å². The van der Waals surface area contributed by atoms with Crippen molar-refractivity contribution in [2.75, 3.05) is 13.6 Å². The molecule has 6 nitrogen and oxygen atoms in total. The summed E-state index contributed by atoms with van der Waals surface area (Å²) in [5.74, 6) is 0.944. The maximum atomic E-state index is 6.42. The summed E-state index contributed by atoms with van der Waals surface area (Å²) in [6, 6.07) is 0. The third-order valence-electron chi connectivity index (χ3n) is 2.99. The summed E-state index contributed by atoms with van der Waals surface area (Å²) in [7, 11) is 2.04. The van der Waals surface area contributed by atoms with E-state index in [1.165, 1.54) is 0 Å². The first-order valence-corrected chi connectivity index (χ1v) is 7.69. The lowest BCUT2D eigenvalue weighted by atomic mass is 10.3. The number of nitrogens with zero attached hydrogens (tertiary/aromatic N) is 5. The Morgan fingerprint density at radius 1 is 1.29 bits per heavy atom. The summed E-state index contributed by atoms with van der Waals surface area (Å²) in [4.78, 5) is 6.35. The highest BCUT2D eigenvalue weighted by Crippen LogP contribution is 2.29. The quantitative estimate of drug-likeness (QED) is 0.846. The van der Waals surface area contributed by atoms with Crippen molar-refractivity contribution in [3.05, 3.63) is 16.6 Å². The van der Waals surface area contributed by atoms with Crippen LogP contribution < -0.4 is 0 Å². The lowest BCUT2D eigenvalue weighted by Crippen LogP contribution is -2.19. The first-order valence-electron chi connectivity index (χ1n) is 7.31. The van der Waals surface area contributed by atoms with E-state index in [-0.39, 0.29) is 0 Å². The second-order valence-electron chi connectivity index (χ2n) is 4.39. The molecule has 21 heavy (non-hydrogen) atoms. The molecule has 0 amide bonds. The highest BCUT2D eigenvalue weighted by Gasteiger charge is 2.21. The van der Waals surface area contributed by atoms with Gasteiger partial charge in [0.25, 0.3) is 0 Å². The van der Waals surface area contributed by atoms with Gasteiger partial charge in [-0.3, -0.25) is 4.68 Å². The van der Waals surface area contributed by atoms with Gasteiger partial charge in [0.1, 0.15) is 0 Å². The number of aryl methyl sites for hydroxylation is 2. The van der Waals surface area contributed by atoms with Gasteiger partial charge >= 0.3 is 0 Å². The van der Waals surface area contributed by atoms with Crippen LogP contribution in [0, 0.1) is 6.92 Å². The van der Waals surface area contributed by atoms with E-state index < -0.39 is 0 Å². The van der Waals surface area contributed by atoms with Crippen molar-refractivity contribution in [1.82, 2.24) is 24.8 Å². The van der Waals surface area contributed by atoms with Crippen molar-refractivity contribution < 1.29 is 4.52 Å². The predicted molar refractivity (Wildman–Crippen MR) is 84.3 cm³/mol. The fraction of sp³-hybridized carbons (Fsp3) is 0.643. The number of halogens is 1. The fourth-order valence-electron chi connectivity index (χ4n) is 1.79. The number of rotatable bonds is 5. The average Bonchev–Trinajstić information content (AvgIpc) is 3.06. The summed E-state index contributed by atoms with van der Waals surface area (Å²) in [5.41, 5.74) is 1.56. The average molecular weight is 314 g/mol. The molecular weight excluding hydrogens is 290 g/mol. The molecule has 0 aromatic carbocycles. The molecule has 0 fully saturated rings. The lowest BCUT2D eigenvalue weighted by molar-refractivity contribution is 0.332. The maximum Gasteiger partial charge on any atom is 0.224 e. The van der Waals surface area contributed by atoms with E-state index in [9.17, 15) is 0 Å². The molecule has 0 aliphatic rings. The summed E-state index contributed by atoms with van der Waals surface area (Å²) < 4.78 is 6.86. The molecule has 0 N–H and O–H groups in total. The first-order chi connectivity index (χ1) is 10.1. The molecule has 0 radical (unpaired) electrons. The van der Waals surface area contributed by atoms with Gasteiger partial charge in [-0.25, -0.2) is 0 Å². The molecule has 2 rings (SSSR count). The van der Waals surface area contributed by atoms with E-state index >= 15 is 0 Å². The minimum atomic E-state index is 0.440. The largest absolute Gasteiger partial charge is 0.339 e. The monoisotopic (exact) mass is 313 g/mol. The van der Waals surface area contributed by atoms with Gasteiger partial charge in [-0.05, 0) is 20.5 Å². The van der Waals surface area contributed by atoms with Crippen molar-refractivity contribution in [2.45, 2.75) is 47.7 Å². The number of hydrogen-bond donors (Lipinski definition) is 0. The Morgan fingerprint density at radius 2 is 1.95 bits per heavy atom. The van der Waals surface area contributed by atoms with Crippen LogP contribution in [0.2, 0.25) is 5.02 Å². The van der Waals surface area contributed by atoms with Crippen molar-refractivity contribution in [3.8, 4) is 11.5 Å². The molecule has 0 saturated carbocycles. The summed E-state index contributed by atoms with van der Waals surface area (Å²) in [6.45, 7) is 12.3. The second-order valence-corrected chi connectivity index (χ2v) is 4.77. The molecule has 7 heteroatoms. The SMILES string of the molecule is CC.CCN(C)Cc1c(Cl)c(-c2noc(C)n2)nn1CC. The molecule has 2 aromatic heterocycles. The Labute approximate surface area is 131 Å². The van der Waals surface area contributed by atoms with Gasteiger partial charge in [-0.1, -0.05) is 37.5 Å². The van der Waals surface area contributed by atoms with Crippen LogP contribution in [0.15, 0.2) is 4.52 Å². The predicted octanol–water partition coefficient (Wildman–Crippen LogP) is 3.39. The number of hydrogen-bond acceptors (Lipinski definition) is 5. The molecular formula is C14H24ClN5O. The molecule has 0 aliphatic heterocycles. The molecule has 0 saturated heterocycles. The van der Waals surface area contributed by atoms with E-state index in [1.807, 2.05) is 32.5 Å². The fourth-order valence-corrected chi connectivity index (χ4v) is 2.07. The molecule has 0 unspecified atom stereocenters. The van der Waals surface area contributed by atoms with E-state index in [0.29, 0.717) is 22.4 Å². The zero-order valence-corrected chi connectivity index (χ0v) is 14.4. The molecule has 2 aromatic rings. The van der Waals surface area contributed by atoms with Gasteiger partial charge in [0.2, 0.25) is 11.7 Å². The van der Waals surface area contributed by atoms with Crippen LogP contribution in [-0.4, -0.2) is 38.4 Å². The topological polar surface area (TPSA) is 60.0 Å². The Bertz CT molecular complexity index is 564. The van der Waals surface area contributed by atoms with Crippen LogP contribution >= 0.6 is 11.6 Å². The summed E-state index contributed by atoms with van der Waals surface area (Å²) in [5, 5.41) is 8.95. The van der Waals surface area contributed by atoms with E-state index in [2.05, 4.69) is 27.1 Å². The molecule has 118 valence electrons. The maximum absolute atomic E-state index is 6.42.